The summed E-state index contributed by atoms with van der Waals surface area (Å²) in [5, 5.41) is 0. The minimum absolute atomic E-state index is 0. The number of halogens is 1. The van der Waals surface area contributed by atoms with Gasteiger partial charge in [0.05, 0.1) is 0 Å². The van der Waals surface area contributed by atoms with Crippen LogP contribution in [0.1, 0.15) is 39.0 Å². The van der Waals surface area contributed by atoms with Crippen LogP contribution in [-0.4, -0.2) is 29.8 Å². The summed E-state index contributed by atoms with van der Waals surface area (Å²) in [6, 6.07) is 11.6. The van der Waals surface area contributed by atoms with E-state index in [2.05, 4.69) is 42.2 Å². The van der Waals surface area contributed by atoms with E-state index in [-0.39, 0.29) is 12.4 Å². The molecule has 1 aliphatic rings. The van der Waals surface area contributed by atoms with Gasteiger partial charge in [0.15, 0.2) is 0 Å². The SMILES string of the molecule is CCN(CCSc1ccccc1)C1CCCCC1.Cl. The second kappa shape index (κ2) is 9.68. The molecule has 2 rings (SSSR count). The van der Waals surface area contributed by atoms with E-state index in [1.807, 2.05) is 11.8 Å². The van der Waals surface area contributed by atoms with Crippen LogP contribution in [0.3, 0.4) is 0 Å². The average molecular weight is 300 g/mol. The van der Waals surface area contributed by atoms with Crippen molar-refractivity contribution in [3.63, 3.8) is 0 Å². The Morgan fingerprint density at radius 1 is 1.11 bits per heavy atom. The molecule has 0 aliphatic heterocycles. The lowest BCUT2D eigenvalue weighted by molar-refractivity contribution is 0.173. The van der Waals surface area contributed by atoms with Crippen molar-refractivity contribution in [3.8, 4) is 0 Å². The number of rotatable bonds is 6. The molecule has 0 bridgehead atoms. The van der Waals surface area contributed by atoms with Crippen molar-refractivity contribution in [1.29, 1.82) is 0 Å². The van der Waals surface area contributed by atoms with Gasteiger partial charge in [-0.15, -0.1) is 24.2 Å². The van der Waals surface area contributed by atoms with Crippen molar-refractivity contribution in [3.05, 3.63) is 30.3 Å². The molecule has 1 aliphatic carbocycles. The fraction of sp³-hybridized carbons (Fsp3) is 0.625. The molecule has 3 heteroatoms. The van der Waals surface area contributed by atoms with Crippen molar-refractivity contribution in [1.82, 2.24) is 4.90 Å². The van der Waals surface area contributed by atoms with Crippen LogP contribution in [0, 0.1) is 0 Å². The Bertz CT molecular complexity index is 325. The molecule has 0 unspecified atom stereocenters. The molecular formula is C16H26ClNS. The van der Waals surface area contributed by atoms with Crippen molar-refractivity contribution < 1.29 is 0 Å². The molecule has 0 aromatic heterocycles. The Balaban J connectivity index is 0.00000180. The summed E-state index contributed by atoms with van der Waals surface area (Å²) in [5.41, 5.74) is 0. The van der Waals surface area contributed by atoms with Crippen molar-refractivity contribution in [2.75, 3.05) is 18.8 Å². The molecule has 108 valence electrons. The second-order valence-corrected chi connectivity index (χ2v) is 6.25. The lowest BCUT2D eigenvalue weighted by Gasteiger charge is -2.33. The highest BCUT2D eigenvalue weighted by Crippen LogP contribution is 2.23. The Labute approximate surface area is 128 Å². The first-order chi connectivity index (χ1) is 8.90. The van der Waals surface area contributed by atoms with E-state index >= 15 is 0 Å². The van der Waals surface area contributed by atoms with Gasteiger partial charge in [-0.1, -0.05) is 44.4 Å². The second-order valence-electron chi connectivity index (χ2n) is 5.08. The van der Waals surface area contributed by atoms with Crippen LogP contribution in [0.5, 0.6) is 0 Å². The number of hydrogen-bond acceptors (Lipinski definition) is 2. The van der Waals surface area contributed by atoms with Crippen LogP contribution in [0.4, 0.5) is 0 Å². The third kappa shape index (κ3) is 5.76. The fourth-order valence-electron chi connectivity index (χ4n) is 2.84. The van der Waals surface area contributed by atoms with E-state index in [9.17, 15) is 0 Å². The molecule has 0 radical (unpaired) electrons. The van der Waals surface area contributed by atoms with Crippen LogP contribution in [0.25, 0.3) is 0 Å². The minimum Gasteiger partial charge on any atom is -0.300 e. The highest BCUT2D eigenvalue weighted by Gasteiger charge is 2.19. The van der Waals surface area contributed by atoms with Crippen molar-refractivity contribution >= 4 is 24.2 Å². The third-order valence-corrected chi connectivity index (χ3v) is 4.88. The van der Waals surface area contributed by atoms with Gasteiger partial charge in [-0.3, -0.25) is 4.90 Å². The highest BCUT2D eigenvalue weighted by molar-refractivity contribution is 7.99. The molecule has 1 nitrogen and oxygen atoms in total. The molecule has 0 spiro atoms. The summed E-state index contributed by atoms with van der Waals surface area (Å²) < 4.78 is 0. The lowest BCUT2D eigenvalue weighted by Crippen LogP contribution is -2.38. The summed E-state index contributed by atoms with van der Waals surface area (Å²) in [7, 11) is 0. The summed E-state index contributed by atoms with van der Waals surface area (Å²) in [6.45, 7) is 4.75. The summed E-state index contributed by atoms with van der Waals surface area (Å²) in [6.07, 6.45) is 7.17. The van der Waals surface area contributed by atoms with Crippen molar-refractivity contribution in [2.24, 2.45) is 0 Å². The number of hydrogen-bond donors (Lipinski definition) is 0. The average Bonchev–Trinajstić information content (AvgIpc) is 2.46. The summed E-state index contributed by atoms with van der Waals surface area (Å²) in [4.78, 5) is 4.09. The van der Waals surface area contributed by atoms with Gasteiger partial charge in [-0.05, 0) is 31.5 Å². The molecule has 1 aromatic carbocycles. The third-order valence-electron chi connectivity index (χ3n) is 3.89. The zero-order valence-electron chi connectivity index (χ0n) is 11.9. The van der Waals surface area contributed by atoms with Gasteiger partial charge in [-0.25, -0.2) is 0 Å². The number of benzene rings is 1. The molecule has 19 heavy (non-hydrogen) atoms. The molecule has 1 fully saturated rings. The fourth-order valence-corrected chi connectivity index (χ4v) is 3.75. The smallest absolute Gasteiger partial charge is 0.0108 e. The van der Waals surface area contributed by atoms with E-state index in [0.29, 0.717) is 0 Å². The van der Waals surface area contributed by atoms with Crippen molar-refractivity contribution in [2.45, 2.75) is 50.0 Å². The van der Waals surface area contributed by atoms with Crippen LogP contribution in [0.15, 0.2) is 35.2 Å². The molecule has 1 saturated carbocycles. The standard InChI is InChI=1S/C16H25NS.ClH/c1-2-17(15-9-5-3-6-10-15)13-14-18-16-11-7-4-8-12-16;/h4,7-8,11-12,15H,2-3,5-6,9-10,13-14H2,1H3;1H. The summed E-state index contributed by atoms with van der Waals surface area (Å²) >= 11 is 1.99. The Hall–Kier alpha value is -0.180. The van der Waals surface area contributed by atoms with Crippen LogP contribution < -0.4 is 0 Å². The van der Waals surface area contributed by atoms with E-state index in [1.54, 1.807) is 0 Å². The molecular weight excluding hydrogens is 274 g/mol. The first kappa shape index (κ1) is 16.9. The largest absolute Gasteiger partial charge is 0.300 e. The van der Waals surface area contributed by atoms with Gasteiger partial charge in [0.25, 0.3) is 0 Å². The highest BCUT2D eigenvalue weighted by atomic mass is 35.5. The maximum atomic E-state index is 2.69. The first-order valence-corrected chi connectivity index (χ1v) is 8.30. The maximum Gasteiger partial charge on any atom is 0.0108 e. The molecule has 0 saturated heterocycles. The van der Waals surface area contributed by atoms with Gasteiger partial charge in [-0.2, -0.15) is 0 Å². The predicted molar refractivity (Wildman–Crippen MR) is 88.5 cm³/mol. The quantitative estimate of drug-likeness (QED) is 0.690. The molecule has 1 aromatic rings. The predicted octanol–water partition coefficient (Wildman–Crippen LogP) is 4.86. The van der Waals surface area contributed by atoms with Gasteiger partial charge in [0, 0.05) is 23.2 Å². The lowest BCUT2D eigenvalue weighted by atomic mass is 9.94. The normalized spacial score (nSPS) is 16.3. The first-order valence-electron chi connectivity index (χ1n) is 7.32. The van der Waals surface area contributed by atoms with Gasteiger partial charge in [0.1, 0.15) is 0 Å². The number of nitrogens with zero attached hydrogens (tertiary/aromatic N) is 1. The molecule has 0 amide bonds. The molecule has 0 N–H and O–H groups in total. The summed E-state index contributed by atoms with van der Waals surface area (Å²) in [5.74, 6) is 1.22. The maximum absolute atomic E-state index is 2.69. The minimum atomic E-state index is 0. The monoisotopic (exact) mass is 299 g/mol. The van der Waals surface area contributed by atoms with E-state index in [0.717, 1.165) is 6.04 Å². The van der Waals surface area contributed by atoms with E-state index in [4.69, 9.17) is 0 Å². The number of thioether (sulfide) groups is 1. The Kier molecular flexibility index (Phi) is 8.60. The molecule has 0 atom stereocenters. The van der Waals surface area contributed by atoms with Gasteiger partial charge < -0.3 is 0 Å². The van der Waals surface area contributed by atoms with Gasteiger partial charge in [0.2, 0.25) is 0 Å². The van der Waals surface area contributed by atoms with E-state index < -0.39 is 0 Å². The zero-order chi connectivity index (χ0) is 12.6. The topological polar surface area (TPSA) is 3.24 Å². The van der Waals surface area contributed by atoms with Crippen LogP contribution in [-0.2, 0) is 0 Å². The zero-order valence-corrected chi connectivity index (χ0v) is 13.5. The van der Waals surface area contributed by atoms with Crippen LogP contribution >= 0.6 is 24.2 Å². The Morgan fingerprint density at radius 3 is 2.42 bits per heavy atom. The van der Waals surface area contributed by atoms with Gasteiger partial charge >= 0.3 is 0 Å². The Morgan fingerprint density at radius 2 is 1.79 bits per heavy atom. The molecule has 0 heterocycles. The van der Waals surface area contributed by atoms with E-state index in [1.165, 1.54) is 55.8 Å². The van der Waals surface area contributed by atoms with Crippen LogP contribution in [0.2, 0.25) is 0 Å².